The molecule has 4 nitrogen and oxygen atoms in total. The molecule has 2 aliphatic heterocycles. The molecule has 0 spiro atoms. The molecular formula is C25H29ClN4. The topological polar surface area (TPSA) is 43.8 Å². The first kappa shape index (κ1) is 19.6. The van der Waals surface area contributed by atoms with Crippen LogP contribution >= 0.6 is 11.6 Å². The number of benzene rings is 1. The molecule has 1 aliphatic carbocycles. The van der Waals surface area contributed by atoms with Gasteiger partial charge in [-0.2, -0.15) is 10.2 Å². The minimum absolute atomic E-state index is 0.388. The summed E-state index contributed by atoms with van der Waals surface area (Å²) in [4.78, 5) is 6.10. The summed E-state index contributed by atoms with van der Waals surface area (Å²) in [7, 11) is 0. The first-order chi connectivity index (χ1) is 14.6. The summed E-state index contributed by atoms with van der Waals surface area (Å²) < 4.78 is 0. The van der Waals surface area contributed by atoms with Gasteiger partial charge in [0.2, 0.25) is 0 Å². The Balaban J connectivity index is 1.51. The summed E-state index contributed by atoms with van der Waals surface area (Å²) in [6.07, 6.45) is 8.89. The lowest BCUT2D eigenvalue weighted by molar-refractivity contribution is 0.378. The summed E-state index contributed by atoms with van der Waals surface area (Å²) in [5.41, 5.74) is 5.15. The van der Waals surface area contributed by atoms with Crippen molar-refractivity contribution in [3.05, 3.63) is 63.3 Å². The van der Waals surface area contributed by atoms with E-state index in [0.717, 1.165) is 35.5 Å². The van der Waals surface area contributed by atoms with Crippen LogP contribution in [0.15, 0.2) is 51.7 Å². The third kappa shape index (κ3) is 3.51. The number of hydrogen-bond donors (Lipinski definition) is 1. The van der Waals surface area contributed by atoms with E-state index in [1.807, 2.05) is 0 Å². The Labute approximate surface area is 183 Å². The lowest BCUT2D eigenvalue weighted by Crippen LogP contribution is -2.34. The summed E-state index contributed by atoms with van der Waals surface area (Å²) in [5, 5.41) is 12.3. The third-order valence-electron chi connectivity index (χ3n) is 6.83. The largest absolute Gasteiger partial charge is 0.363 e. The number of rotatable bonds is 3. The predicted molar refractivity (Wildman–Crippen MR) is 124 cm³/mol. The Morgan fingerprint density at radius 2 is 1.80 bits per heavy atom. The van der Waals surface area contributed by atoms with Gasteiger partial charge in [-0.3, -0.25) is 0 Å². The van der Waals surface area contributed by atoms with Crippen LogP contribution in [0.25, 0.3) is 11.8 Å². The SMILES string of the molecule is CC(C)N1CC=C(Cl)C=c2[nH]c3c(c21)CN=NC=3[C@H]1CC[C@H](c2ccccc2)CC1. The number of aromatic amines is 1. The predicted octanol–water partition coefficient (Wildman–Crippen LogP) is 5.19. The van der Waals surface area contributed by atoms with Gasteiger partial charge in [-0.05, 0) is 63.2 Å². The smallest absolute Gasteiger partial charge is 0.0895 e. The summed E-state index contributed by atoms with van der Waals surface area (Å²) in [5.74, 6) is 1.13. The average Bonchev–Trinajstić information content (AvgIpc) is 3.03. The molecule has 1 saturated carbocycles. The van der Waals surface area contributed by atoms with E-state index in [4.69, 9.17) is 11.6 Å². The Kier molecular flexibility index (Phi) is 5.28. The highest BCUT2D eigenvalue weighted by Gasteiger charge is 2.29. The van der Waals surface area contributed by atoms with Gasteiger partial charge >= 0.3 is 0 Å². The van der Waals surface area contributed by atoms with Crippen LogP contribution in [0.3, 0.4) is 0 Å². The van der Waals surface area contributed by atoms with Crippen molar-refractivity contribution in [1.29, 1.82) is 0 Å². The zero-order chi connectivity index (χ0) is 20.7. The molecular weight excluding hydrogens is 392 g/mol. The standard InChI is InChI=1S/C25H29ClN4/c1-16(2)30-13-12-20(26)14-22-25(30)21-15-27-29-23(24(21)28-22)19-10-8-18(9-11-19)17-6-4-3-5-7-17/h3-7,12,14,16,18-19,28H,8-11,13,15H2,1-2H3/t18-,19-. The molecule has 0 atom stereocenters. The third-order valence-corrected chi connectivity index (χ3v) is 7.09. The maximum absolute atomic E-state index is 6.45. The second-order valence-electron chi connectivity index (χ2n) is 8.96. The van der Waals surface area contributed by atoms with Gasteiger partial charge < -0.3 is 9.88 Å². The van der Waals surface area contributed by atoms with Crippen LogP contribution in [0.4, 0.5) is 5.69 Å². The van der Waals surface area contributed by atoms with E-state index in [-0.39, 0.29) is 0 Å². The Bertz CT molecular complexity index is 1100. The lowest BCUT2D eigenvalue weighted by Gasteiger charge is -2.30. The van der Waals surface area contributed by atoms with Crippen molar-refractivity contribution < 1.29 is 0 Å². The molecule has 0 amide bonds. The van der Waals surface area contributed by atoms with E-state index in [2.05, 4.69) is 76.4 Å². The van der Waals surface area contributed by atoms with E-state index in [0.29, 0.717) is 24.4 Å². The molecule has 0 bridgehead atoms. The zero-order valence-corrected chi connectivity index (χ0v) is 18.5. The van der Waals surface area contributed by atoms with Gasteiger partial charge in [-0.15, -0.1) is 0 Å². The maximum atomic E-state index is 6.45. The number of allylic oxidation sites excluding steroid dienone is 1. The van der Waals surface area contributed by atoms with Crippen LogP contribution in [0.1, 0.15) is 56.6 Å². The van der Waals surface area contributed by atoms with Gasteiger partial charge in [0.15, 0.2) is 0 Å². The fraction of sp³-hybridized carbons (Fsp3) is 0.440. The number of azo groups is 1. The van der Waals surface area contributed by atoms with Crippen molar-refractivity contribution in [2.45, 2.75) is 58.0 Å². The van der Waals surface area contributed by atoms with Gasteiger partial charge in [-0.1, -0.05) is 41.9 Å². The normalized spacial score (nSPS) is 23.5. The molecule has 0 unspecified atom stereocenters. The van der Waals surface area contributed by atoms with Crippen molar-refractivity contribution in [2.75, 3.05) is 11.4 Å². The molecule has 1 N–H and O–H groups in total. The highest BCUT2D eigenvalue weighted by atomic mass is 35.5. The van der Waals surface area contributed by atoms with Crippen LogP contribution in [0, 0.1) is 5.92 Å². The number of aromatic nitrogens is 1. The van der Waals surface area contributed by atoms with Gasteiger partial charge in [-0.25, -0.2) is 0 Å². The second kappa shape index (κ2) is 8.07. The number of nitrogens with zero attached hydrogens (tertiary/aromatic N) is 3. The highest BCUT2D eigenvalue weighted by Crippen LogP contribution is 2.40. The van der Waals surface area contributed by atoms with Crippen molar-refractivity contribution in [2.24, 2.45) is 16.1 Å². The van der Waals surface area contributed by atoms with Gasteiger partial charge in [0.25, 0.3) is 0 Å². The molecule has 0 radical (unpaired) electrons. The van der Waals surface area contributed by atoms with E-state index in [1.54, 1.807) is 0 Å². The first-order valence-electron chi connectivity index (χ1n) is 11.1. The summed E-state index contributed by atoms with van der Waals surface area (Å²) >= 11 is 6.45. The van der Waals surface area contributed by atoms with Crippen LogP contribution in [-0.2, 0) is 6.54 Å². The van der Waals surface area contributed by atoms with Gasteiger partial charge in [0, 0.05) is 29.1 Å². The zero-order valence-electron chi connectivity index (χ0n) is 17.7. The fourth-order valence-corrected chi connectivity index (χ4v) is 5.42. The minimum Gasteiger partial charge on any atom is -0.363 e. The minimum atomic E-state index is 0.388. The number of fused-ring (bicyclic) bond motifs is 3. The van der Waals surface area contributed by atoms with Crippen molar-refractivity contribution in [3.8, 4) is 0 Å². The van der Waals surface area contributed by atoms with E-state index in [1.165, 1.54) is 35.0 Å². The Morgan fingerprint density at radius 1 is 1.07 bits per heavy atom. The molecule has 156 valence electrons. The molecule has 2 aromatic rings. The number of H-pyrrole nitrogens is 1. The molecule has 0 saturated heterocycles. The molecule has 5 heteroatoms. The first-order valence-corrected chi connectivity index (χ1v) is 11.5. The van der Waals surface area contributed by atoms with Crippen LogP contribution in [0.2, 0.25) is 0 Å². The van der Waals surface area contributed by atoms with Gasteiger partial charge in [0.05, 0.1) is 28.6 Å². The van der Waals surface area contributed by atoms with Crippen molar-refractivity contribution in [1.82, 2.24) is 4.98 Å². The van der Waals surface area contributed by atoms with E-state index < -0.39 is 0 Å². The molecule has 1 fully saturated rings. The maximum Gasteiger partial charge on any atom is 0.0895 e. The van der Waals surface area contributed by atoms with E-state index in [9.17, 15) is 0 Å². The van der Waals surface area contributed by atoms with Crippen LogP contribution in [-0.4, -0.2) is 17.6 Å². The molecule has 5 rings (SSSR count). The van der Waals surface area contributed by atoms with Crippen LogP contribution < -0.4 is 15.6 Å². The number of hydrogen-bond acceptors (Lipinski definition) is 3. The van der Waals surface area contributed by atoms with Crippen molar-refractivity contribution in [3.63, 3.8) is 0 Å². The molecule has 1 aromatic heterocycles. The number of nitrogens with one attached hydrogen (secondary N) is 1. The molecule has 1 aromatic carbocycles. The number of halogens is 1. The van der Waals surface area contributed by atoms with Crippen molar-refractivity contribution >= 4 is 29.1 Å². The monoisotopic (exact) mass is 420 g/mol. The lowest BCUT2D eigenvalue weighted by atomic mass is 9.77. The Hall–Kier alpha value is -2.33. The fourth-order valence-electron chi connectivity index (χ4n) is 5.24. The quantitative estimate of drug-likeness (QED) is 0.729. The average molecular weight is 421 g/mol. The second-order valence-corrected chi connectivity index (χ2v) is 9.40. The Morgan fingerprint density at radius 3 is 2.53 bits per heavy atom. The summed E-state index contributed by atoms with van der Waals surface area (Å²) in [6.45, 7) is 5.92. The molecule has 3 aliphatic rings. The number of anilines is 1. The molecule has 3 heterocycles. The molecule has 30 heavy (non-hydrogen) atoms. The summed E-state index contributed by atoms with van der Waals surface area (Å²) in [6, 6.07) is 11.3. The van der Waals surface area contributed by atoms with Gasteiger partial charge in [0.1, 0.15) is 0 Å². The highest BCUT2D eigenvalue weighted by molar-refractivity contribution is 6.34. The van der Waals surface area contributed by atoms with Crippen LogP contribution in [0.5, 0.6) is 0 Å². The van der Waals surface area contributed by atoms with E-state index >= 15 is 0 Å².